The smallest absolute Gasteiger partial charge is 0.187 e. The van der Waals surface area contributed by atoms with Crippen LogP contribution in [0.2, 0.25) is 0 Å². The Morgan fingerprint density at radius 3 is 2.73 bits per heavy atom. The molecular formula is C22H23FN6O. The van der Waals surface area contributed by atoms with Crippen LogP contribution in [-0.2, 0) is 6.42 Å². The minimum atomic E-state index is -0.584. The van der Waals surface area contributed by atoms with E-state index >= 15 is 0 Å². The second kappa shape index (κ2) is 8.54. The normalized spacial score (nSPS) is 16.5. The van der Waals surface area contributed by atoms with E-state index in [0.717, 1.165) is 43.2 Å². The van der Waals surface area contributed by atoms with E-state index < -0.39 is 5.82 Å². The number of aromatic nitrogens is 3. The van der Waals surface area contributed by atoms with Crippen LogP contribution in [0.15, 0.2) is 49.1 Å². The number of Topliss-reactive ketones (excluding diaryl/α,β-unsaturated/α-hetero) is 1. The van der Waals surface area contributed by atoms with Crippen molar-refractivity contribution >= 4 is 17.2 Å². The Hall–Kier alpha value is -3.39. The molecule has 154 valence electrons. The highest BCUT2D eigenvalue weighted by Crippen LogP contribution is 2.27. The van der Waals surface area contributed by atoms with Gasteiger partial charge in [0.25, 0.3) is 0 Å². The van der Waals surface area contributed by atoms with E-state index in [1.54, 1.807) is 36.9 Å². The van der Waals surface area contributed by atoms with Crippen molar-refractivity contribution in [1.82, 2.24) is 15.0 Å². The summed E-state index contributed by atoms with van der Waals surface area (Å²) in [5.41, 5.74) is 14.4. The summed E-state index contributed by atoms with van der Waals surface area (Å²) in [6.07, 6.45) is 8.52. The fraction of sp³-hybridized carbons (Fsp3) is 0.273. The van der Waals surface area contributed by atoms with Gasteiger partial charge in [0, 0.05) is 73.2 Å². The molecule has 4 N–H and O–H groups in total. The van der Waals surface area contributed by atoms with Crippen molar-refractivity contribution in [2.24, 2.45) is 5.73 Å². The molecule has 1 aliphatic heterocycles. The van der Waals surface area contributed by atoms with Crippen LogP contribution in [0.1, 0.15) is 28.9 Å². The van der Waals surface area contributed by atoms with Crippen LogP contribution in [0, 0.1) is 5.82 Å². The Morgan fingerprint density at radius 2 is 1.97 bits per heavy atom. The number of ketones is 1. The highest BCUT2D eigenvalue weighted by atomic mass is 19.1. The molecule has 1 atom stereocenters. The molecule has 0 unspecified atom stereocenters. The van der Waals surface area contributed by atoms with Crippen molar-refractivity contribution in [2.75, 3.05) is 23.7 Å². The number of piperidine rings is 1. The molecule has 0 amide bonds. The summed E-state index contributed by atoms with van der Waals surface area (Å²) in [5, 5.41) is 0. The highest BCUT2D eigenvalue weighted by molar-refractivity contribution is 6.01. The number of hydrogen-bond donors (Lipinski definition) is 2. The number of pyridine rings is 3. The van der Waals surface area contributed by atoms with Crippen molar-refractivity contribution < 1.29 is 9.18 Å². The molecule has 4 rings (SSSR count). The standard InChI is InChI=1S/C22H23FN6O/c23-17-11-18(25)22(28-21(17)14-3-6-26-7-4-14)20(30)10-15-12-27-8-5-19(15)29-9-1-2-16(24)13-29/h3-8,11-12,16H,1-2,9-10,13,24-25H2/t16-/m0/s1. The molecule has 0 aliphatic carbocycles. The van der Waals surface area contributed by atoms with Gasteiger partial charge in [0.05, 0.1) is 5.69 Å². The Bertz CT molecular complexity index is 1060. The second-order valence-electron chi connectivity index (χ2n) is 7.45. The van der Waals surface area contributed by atoms with E-state index in [1.165, 1.54) is 0 Å². The van der Waals surface area contributed by atoms with Gasteiger partial charge in [-0.25, -0.2) is 9.37 Å². The summed E-state index contributed by atoms with van der Waals surface area (Å²) < 4.78 is 14.4. The lowest BCUT2D eigenvalue weighted by Gasteiger charge is -2.33. The van der Waals surface area contributed by atoms with E-state index in [9.17, 15) is 9.18 Å². The zero-order chi connectivity index (χ0) is 21.1. The Balaban J connectivity index is 1.64. The fourth-order valence-electron chi connectivity index (χ4n) is 3.79. The predicted octanol–water partition coefficient (Wildman–Crippen LogP) is 2.61. The van der Waals surface area contributed by atoms with E-state index in [4.69, 9.17) is 11.5 Å². The lowest BCUT2D eigenvalue weighted by Crippen LogP contribution is -2.43. The number of nitrogen functional groups attached to an aromatic ring is 1. The number of halogens is 1. The number of rotatable bonds is 5. The molecule has 1 saturated heterocycles. The van der Waals surface area contributed by atoms with Gasteiger partial charge in [-0.3, -0.25) is 14.8 Å². The van der Waals surface area contributed by atoms with Gasteiger partial charge < -0.3 is 16.4 Å². The average Bonchev–Trinajstić information content (AvgIpc) is 2.75. The van der Waals surface area contributed by atoms with E-state index in [0.29, 0.717) is 5.56 Å². The Labute approximate surface area is 174 Å². The first-order valence-electron chi connectivity index (χ1n) is 9.86. The maximum atomic E-state index is 14.4. The minimum absolute atomic E-state index is 0.0146. The number of carbonyl (C=O) groups excluding carboxylic acids is 1. The molecule has 1 fully saturated rings. The van der Waals surface area contributed by atoms with Crippen LogP contribution in [0.4, 0.5) is 15.8 Å². The van der Waals surface area contributed by atoms with Crippen LogP contribution in [0.25, 0.3) is 11.3 Å². The minimum Gasteiger partial charge on any atom is -0.397 e. The monoisotopic (exact) mass is 406 g/mol. The van der Waals surface area contributed by atoms with Crippen molar-refractivity contribution in [3.8, 4) is 11.3 Å². The van der Waals surface area contributed by atoms with Crippen LogP contribution >= 0.6 is 0 Å². The first-order chi connectivity index (χ1) is 14.5. The van der Waals surface area contributed by atoms with Gasteiger partial charge in [0.2, 0.25) is 0 Å². The highest BCUT2D eigenvalue weighted by Gasteiger charge is 2.22. The predicted molar refractivity (Wildman–Crippen MR) is 114 cm³/mol. The summed E-state index contributed by atoms with van der Waals surface area (Å²) in [6, 6.07) is 6.41. The van der Waals surface area contributed by atoms with Crippen LogP contribution in [0.5, 0.6) is 0 Å². The second-order valence-corrected chi connectivity index (χ2v) is 7.45. The molecule has 3 aromatic rings. The van der Waals surface area contributed by atoms with Crippen LogP contribution < -0.4 is 16.4 Å². The molecule has 0 spiro atoms. The Morgan fingerprint density at radius 1 is 1.20 bits per heavy atom. The first kappa shape index (κ1) is 19.9. The van der Waals surface area contributed by atoms with Crippen molar-refractivity contribution in [3.63, 3.8) is 0 Å². The summed E-state index contributed by atoms with van der Waals surface area (Å²) in [7, 11) is 0. The van der Waals surface area contributed by atoms with Gasteiger partial charge in [-0.15, -0.1) is 0 Å². The third-order valence-electron chi connectivity index (χ3n) is 5.25. The van der Waals surface area contributed by atoms with Gasteiger partial charge in [-0.1, -0.05) is 0 Å². The third kappa shape index (κ3) is 4.13. The van der Waals surface area contributed by atoms with E-state index in [2.05, 4.69) is 19.9 Å². The van der Waals surface area contributed by atoms with Crippen molar-refractivity contribution in [2.45, 2.75) is 25.3 Å². The molecule has 0 aromatic carbocycles. The number of nitrogens with zero attached hydrogens (tertiary/aromatic N) is 4. The number of nitrogens with two attached hydrogens (primary N) is 2. The van der Waals surface area contributed by atoms with E-state index in [1.807, 2.05) is 6.07 Å². The fourth-order valence-corrected chi connectivity index (χ4v) is 3.79. The number of anilines is 2. The first-order valence-corrected chi connectivity index (χ1v) is 9.86. The molecular weight excluding hydrogens is 383 g/mol. The molecule has 8 heteroatoms. The molecule has 30 heavy (non-hydrogen) atoms. The molecule has 0 bridgehead atoms. The lowest BCUT2D eigenvalue weighted by molar-refractivity contribution is 0.0989. The molecule has 4 heterocycles. The van der Waals surface area contributed by atoms with E-state index in [-0.39, 0.29) is 35.3 Å². The molecule has 0 saturated carbocycles. The van der Waals surface area contributed by atoms with Crippen LogP contribution in [0.3, 0.4) is 0 Å². The number of carbonyl (C=O) groups is 1. The largest absolute Gasteiger partial charge is 0.397 e. The Kier molecular flexibility index (Phi) is 5.67. The molecule has 7 nitrogen and oxygen atoms in total. The summed E-state index contributed by atoms with van der Waals surface area (Å²) >= 11 is 0. The topological polar surface area (TPSA) is 111 Å². The molecule has 3 aromatic heterocycles. The SMILES string of the molecule is Nc1cc(F)c(-c2ccncc2)nc1C(=O)Cc1cnccc1N1CCC[C@H](N)C1. The quantitative estimate of drug-likeness (QED) is 0.627. The zero-order valence-corrected chi connectivity index (χ0v) is 16.5. The van der Waals surface area contributed by atoms with Gasteiger partial charge in [0.1, 0.15) is 11.4 Å². The van der Waals surface area contributed by atoms with Crippen molar-refractivity contribution in [3.05, 3.63) is 66.1 Å². The average molecular weight is 406 g/mol. The molecule has 1 aliphatic rings. The van der Waals surface area contributed by atoms with Gasteiger partial charge in [-0.2, -0.15) is 0 Å². The lowest BCUT2D eigenvalue weighted by atomic mass is 10.0. The summed E-state index contributed by atoms with van der Waals surface area (Å²) in [5.74, 6) is -0.877. The maximum Gasteiger partial charge on any atom is 0.187 e. The van der Waals surface area contributed by atoms with Crippen molar-refractivity contribution in [1.29, 1.82) is 0 Å². The summed E-state index contributed by atoms with van der Waals surface area (Å²) in [4.78, 5) is 27.6. The van der Waals surface area contributed by atoms with Gasteiger partial charge >= 0.3 is 0 Å². The summed E-state index contributed by atoms with van der Waals surface area (Å²) in [6.45, 7) is 1.61. The van der Waals surface area contributed by atoms with Gasteiger partial charge in [-0.05, 0) is 31.0 Å². The van der Waals surface area contributed by atoms with Crippen LogP contribution in [-0.4, -0.2) is 39.9 Å². The maximum absolute atomic E-state index is 14.4. The van der Waals surface area contributed by atoms with Gasteiger partial charge in [0.15, 0.2) is 11.6 Å². The third-order valence-corrected chi connectivity index (χ3v) is 5.25. The zero-order valence-electron chi connectivity index (χ0n) is 16.5. The molecule has 0 radical (unpaired) electrons. The number of hydrogen-bond acceptors (Lipinski definition) is 7.